The first-order valence-corrected chi connectivity index (χ1v) is 15.2. The number of nitrogens with zero attached hydrogens (tertiary/aromatic N) is 4. The fourth-order valence-electron chi connectivity index (χ4n) is 4.93. The molecular formula is C29H38F2N6O4S. The van der Waals surface area contributed by atoms with E-state index in [1.54, 1.807) is 33.1 Å². The number of para-hydroxylation sites is 1. The van der Waals surface area contributed by atoms with E-state index in [9.17, 15) is 17.2 Å². The maximum absolute atomic E-state index is 13.2. The first-order valence-electron chi connectivity index (χ1n) is 13.7. The van der Waals surface area contributed by atoms with E-state index in [1.165, 1.54) is 12.1 Å². The second-order valence-corrected chi connectivity index (χ2v) is 13.1. The van der Waals surface area contributed by atoms with Gasteiger partial charge in [-0.2, -0.15) is 13.8 Å². The van der Waals surface area contributed by atoms with Crippen molar-refractivity contribution in [2.75, 3.05) is 49.8 Å². The van der Waals surface area contributed by atoms with Crippen molar-refractivity contribution in [2.24, 2.45) is 0 Å². The number of rotatable bonds is 11. The van der Waals surface area contributed by atoms with E-state index >= 15 is 0 Å². The van der Waals surface area contributed by atoms with Crippen molar-refractivity contribution in [3.63, 3.8) is 0 Å². The monoisotopic (exact) mass is 604 g/mol. The molecule has 1 fully saturated rings. The lowest BCUT2D eigenvalue weighted by Crippen LogP contribution is -2.42. The molecule has 42 heavy (non-hydrogen) atoms. The van der Waals surface area contributed by atoms with E-state index in [4.69, 9.17) is 4.74 Å². The summed E-state index contributed by atoms with van der Waals surface area (Å²) in [7, 11) is 2.09. The Morgan fingerprint density at radius 1 is 1.05 bits per heavy atom. The molecule has 0 saturated carbocycles. The molecule has 4 rings (SSSR count). The van der Waals surface area contributed by atoms with E-state index in [0.29, 0.717) is 17.5 Å². The third kappa shape index (κ3) is 7.01. The Morgan fingerprint density at radius 2 is 1.74 bits per heavy atom. The van der Waals surface area contributed by atoms with Crippen LogP contribution in [0.4, 0.5) is 37.6 Å². The Hall–Kier alpha value is -3.71. The number of sulfone groups is 1. The summed E-state index contributed by atoms with van der Waals surface area (Å²) in [5.74, 6) is 0.160. The zero-order chi connectivity index (χ0) is 30.6. The quantitative estimate of drug-likeness (QED) is 0.287. The van der Waals surface area contributed by atoms with Gasteiger partial charge in [0.05, 0.1) is 34.8 Å². The molecule has 2 aromatic carbocycles. The number of hydrogen-bond acceptors (Lipinski definition) is 10. The Kier molecular flexibility index (Phi) is 9.72. The van der Waals surface area contributed by atoms with Gasteiger partial charge in [-0.25, -0.2) is 13.4 Å². The fourth-order valence-corrected chi connectivity index (χ4v) is 6.13. The molecule has 228 valence electrons. The highest BCUT2D eigenvalue weighted by Gasteiger charge is 2.25. The number of aryl methyl sites for hydroxylation is 1. The largest absolute Gasteiger partial charge is 0.494 e. The Bertz CT molecular complexity index is 1500. The van der Waals surface area contributed by atoms with Crippen molar-refractivity contribution >= 4 is 38.7 Å². The minimum Gasteiger partial charge on any atom is -0.494 e. The third-order valence-electron chi connectivity index (χ3n) is 7.34. The van der Waals surface area contributed by atoms with Gasteiger partial charge >= 0.3 is 6.61 Å². The topological polar surface area (TPSA) is 109 Å². The highest BCUT2D eigenvalue weighted by atomic mass is 32.2. The number of ether oxygens (including phenoxy) is 2. The van der Waals surface area contributed by atoms with Crippen molar-refractivity contribution < 1.29 is 26.7 Å². The summed E-state index contributed by atoms with van der Waals surface area (Å²) in [6.07, 6.45) is 3.23. The Balaban J connectivity index is 1.65. The van der Waals surface area contributed by atoms with E-state index in [1.807, 2.05) is 19.1 Å². The van der Waals surface area contributed by atoms with Gasteiger partial charge in [0.1, 0.15) is 5.75 Å². The smallest absolute Gasteiger partial charge is 0.387 e. The zero-order valence-electron chi connectivity index (χ0n) is 24.7. The molecule has 1 saturated heterocycles. The lowest BCUT2D eigenvalue weighted by atomic mass is 10.0. The molecule has 1 aliphatic heterocycles. The summed E-state index contributed by atoms with van der Waals surface area (Å²) in [5, 5.41) is 5.28. The van der Waals surface area contributed by atoms with E-state index in [0.717, 1.165) is 43.4 Å². The molecule has 1 aliphatic rings. The van der Waals surface area contributed by atoms with Crippen molar-refractivity contribution in [2.45, 2.75) is 56.4 Å². The van der Waals surface area contributed by atoms with Gasteiger partial charge in [-0.05, 0) is 71.5 Å². The van der Waals surface area contributed by atoms with Gasteiger partial charge in [0.2, 0.25) is 5.95 Å². The third-order valence-corrected chi connectivity index (χ3v) is 9.55. The summed E-state index contributed by atoms with van der Waals surface area (Å²) in [6.45, 7) is 3.86. The van der Waals surface area contributed by atoms with Crippen molar-refractivity contribution in [3.8, 4) is 11.5 Å². The summed E-state index contributed by atoms with van der Waals surface area (Å²) in [6, 6.07) is 10.7. The molecule has 1 aromatic heterocycles. The van der Waals surface area contributed by atoms with Crippen LogP contribution < -0.4 is 25.0 Å². The number of aromatic nitrogens is 2. The maximum Gasteiger partial charge on any atom is 0.387 e. The van der Waals surface area contributed by atoms with Crippen LogP contribution in [0.15, 0.2) is 47.5 Å². The average molecular weight is 605 g/mol. The summed E-state index contributed by atoms with van der Waals surface area (Å²) < 4.78 is 62.6. The van der Waals surface area contributed by atoms with Crippen LogP contribution in [-0.4, -0.2) is 75.5 Å². The number of methoxy groups -OCH3 is 1. The molecule has 2 heterocycles. The summed E-state index contributed by atoms with van der Waals surface area (Å²) >= 11 is 0. The number of piperidine rings is 1. The number of halogens is 2. The van der Waals surface area contributed by atoms with Crippen molar-refractivity contribution in [3.05, 3.63) is 48.2 Å². The molecular weight excluding hydrogens is 566 g/mol. The van der Waals surface area contributed by atoms with Gasteiger partial charge in [0.25, 0.3) is 0 Å². The van der Waals surface area contributed by atoms with Crippen LogP contribution in [0.2, 0.25) is 0 Å². The van der Waals surface area contributed by atoms with Gasteiger partial charge in [-0.3, -0.25) is 0 Å². The Labute approximate surface area is 246 Å². The van der Waals surface area contributed by atoms with Crippen LogP contribution in [0.1, 0.15) is 32.3 Å². The molecule has 3 aromatic rings. The first-order chi connectivity index (χ1) is 19.9. The highest BCUT2D eigenvalue weighted by Crippen LogP contribution is 2.37. The number of alkyl halides is 2. The van der Waals surface area contributed by atoms with Gasteiger partial charge in [0.15, 0.2) is 21.4 Å². The molecule has 0 unspecified atom stereocenters. The Morgan fingerprint density at radius 3 is 2.36 bits per heavy atom. The van der Waals surface area contributed by atoms with E-state index in [2.05, 4.69) is 49.2 Å². The molecule has 0 atom stereocenters. The van der Waals surface area contributed by atoms with Crippen LogP contribution in [0.3, 0.4) is 0 Å². The zero-order valence-corrected chi connectivity index (χ0v) is 25.5. The minimum atomic E-state index is -3.69. The van der Waals surface area contributed by atoms with Crippen LogP contribution in [0.25, 0.3) is 0 Å². The molecule has 0 radical (unpaired) electrons. The molecule has 10 nitrogen and oxygen atoms in total. The molecule has 0 amide bonds. The maximum atomic E-state index is 13.2. The van der Waals surface area contributed by atoms with E-state index < -0.39 is 21.7 Å². The lowest BCUT2D eigenvalue weighted by molar-refractivity contribution is -0.0497. The fraction of sp³-hybridized carbons (Fsp3) is 0.448. The lowest BCUT2D eigenvalue weighted by Gasteiger charge is -2.37. The predicted octanol–water partition coefficient (Wildman–Crippen LogP) is 5.59. The molecule has 0 spiro atoms. The minimum absolute atomic E-state index is 0.0126. The number of nitrogens with one attached hydrogen (secondary N) is 2. The average Bonchev–Trinajstić information content (AvgIpc) is 2.94. The van der Waals surface area contributed by atoms with Gasteiger partial charge < -0.3 is 29.9 Å². The number of benzene rings is 2. The normalized spacial score (nSPS) is 14.5. The van der Waals surface area contributed by atoms with Gasteiger partial charge in [0, 0.05) is 30.9 Å². The number of anilines is 5. The molecule has 2 N–H and O–H groups in total. The standard InChI is InChI=1S/C29H38F2N6O4S/c1-18(2)42(38,39)26-10-8-7-9-21(26)33-27-25(41-28(30)31)17-32-29(35-27)34-22-15-19(3)23(16-24(22)40-6)37-13-11-20(12-14-37)36(4)5/h7-10,15-18,20,28H,11-14H2,1-6H3,(H2,32,33,34,35). The van der Waals surface area contributed by atoms with Gasteiger partial charge in [-0.15, -0.1) is 0 Å². The second kappa shape index (κ2) is 13.1. The summed E-state index contributed by atoms with van der Waals surface area (Å²) in [4.78, 5) is 13.2. The molecule has 0 bridgehead atoms. The van der Waals surface area contributed by atoms with E-state index in [-0.39, 0.29) is 28.1 Å². The first kappa shape index (κ1) is 31.2. The number of hydrogen-bond donors (Lipinski definition) is 2. The SMILES string of the molecule is COc1cc(N2CCC(N(C)C)CC2)c(C)cc1Nc1ncc(OC(F)F)c(Nc2ccccc2S(=O)(=O)C(C)C)n1. The molecule has 0 aliphatic carbocycles. The highest BCUT2D eigenvalue weighted by molar-refractivity contribution is 7.92. The second-order valence-electron chi connectivity index (χ2n) is 10.6. The summed E-state index contributed by atoms with van der Waals surface area (Å²) in [5.41, 5.74) is 2.84. The van der Waals surface area contributed by atoms with Crippen LogP contribution >= 0.6 is 0 Å². The van der Waals surface area contributed by atoms with Crippen LogP contribution in [-0.2, 0) is 9.84 Å². The molecule has 13 heteroatoms. The van der Waals surface area contributed by atoms with Crippen molar-refractivity contribution in [1.82, 2.24) is 14.9 Å². The predicted molar refractivity (Wildman–Crippen MR) is 161 cm³/mol. The van der Waals surface area contributed by atoms with Crippen LogP contribution in [0.5, 0.6) is 11.5 Å². The van der Waals surface area contributed by atoms with Crippen LogP contribution in [0, 0.1) is 6.92 Å². The van der Waals surface area contributed by atoms with Crippen molar-refractivity contribution in [1.29, 1.82) is 0 Å². The van der Waals surface area contributed by atoms with Gasteiger partial charge in [-0.1, -0.05) is 12.1 Å².